The summed E-state index contributed by atoms with van der Waals surface area (Å²) in [5.74, 6) is 0. The van der Waals surface area contributed by atoms with Crippen LogP contribution in [0.15, 0.2) is 42.9 Å². The molecule has 19 heavy (non-hydrogen) atoms. The summed E-state index contributed by atoms with van der Waals surface area (Å²) in [5, 5.41) is 11.4. The number of nitrogens with zero attached hydrogens (tertiary/aromatic N) is 2. The summed E-state index contributed by atoms with van der Waals surface area (Å²) < 4.78 is 0. The van der Waals surface area contributed by atoms with Gasteiger partial charge in [-0.25, -0.2) is 0 Å². The smallest absolute Gasteiger partial charge is 0.0672 e. The molecule has 0 amide bonds. The fourth-order valence-corrected chi connectivity index (χ4v) is 2.08. The normalized spacial score (nSPS) is 12.5. The van der Waals surface area contributed by atoms with Crippen molar-refractivity contribution in [2.75, 3.05) is 11.1 Å². The van der Waals surface area contributed by atoms with Crippen LogP contribution in [0, 0.1) is 0 Å². The molecule has 0 fully saturated rings. The zero-order valence-electron chi connectivity index (χ0n) is 10.6. The number of H-pyrrole nitrogens is 1. The highest BCUT2D eigenvalue weighted by molar-refractivity contribution is 5.88. The second kappa shape index (κ2) is 4.61. The maximum atomic E-state index is 6.05. The maximum Gasteiger partial charge on any atom is 0.0672 e. The molecule has 2 aromatic heterocycles. The summed E-state index contributed by atoms with van der Waals surface area (Å²) in [7, 11) is 0. The minimum atomic E-state index is 0.136. The molecule has 0 aliphatic heterocycles. The first-order valence-corrected chi connectivity index (χ1v) is 6.13. The van der Waals surface area contributed by atoms with Gasteiger partial charge in [0.05, 0.1) is 29.1 Å². The minimum Gasteiger partial charge on any atom is -0.397 e. The topological polar surface area (TPSA) is 79.6 Å². The quantitative estimate of drug-likeness (QED) is 0.627. The number of nitrogens with one attached hydrogen (secondary N) is 2. The Morgan fingerprint density at radius 3 is 3.00 bits per heavy atom. The van der Waals surface area contributed by atoms with Gasteiger partial charge in [-0.3, -0.25) is 10.1 Å². The van der Waals surface area contributed by atoms with E-state index in [-0.39, 0.29) is 6.04 Å². The molecule has 3 rings (SSSR count). The number of nitrogens with two attached hydrogens (primary N) is 1. The molecule has 2 heterocycles. The van der Waals surface area contributed by atoms with Gasteiger partial charge in [0.2, 0.25) is 0 Å². The first kappa shape index (κ1) is 11.5. The Balaban J connectivity index is 1.90. The lowest BCUT2D eigenvalue weighted by molar-refractivity contribution is 0.876. The highest BCUT2D eigenvalue weighted by Gasteiger charge is 2.09. The number of pyridine rings is 1. The molecule has 0 spiro atoms. The Hall–Kier alpha value is -2.56. The molecular weight excluding hydrogens is 238 g/mol. The van der Waals surface area contributed by atoms with Gasteiger partial charge in [-0.15, -0.1) is 0 Å². The standard InChI is InChI=1S/C14H15N5/c1-9(10-3-2-4-16-7-10)18-14-6-13-11(5-12(14)15)8-17-19-13/h2-9,18H,15H2,1H3,(H,17,19). The lowest BCUT2D eigenvalue weighted by Crippen LogP contribution is -2.08. The number of aromatic amines is 1. The SMILES string of the molecule is CC(Nc1cc2[nH]ncc2cc1N)c1cccnc1. The molecule has 0 aliphatic carbocycles. The largest absolute Gasteiger partial charge is 0.397 e. The van der Waals surface area contributed by atoms with E-state index in [9.17, 15) is 0 Å². The molecular formula is C14H15N5. The van der Waals surface area contributed by atoms with Crippen LogP contribution in [0.5, 0.6) is 0 Å². The van der Waals surface area contributed by atoms with Crippen molar-refractivity contribution in [1.29, 1.82) is 0 Å². The van der Waals surface area contributed by atoms with Gasteiger partial charge >= 0.3 is 0 Å². The highest BCUT2D eigenvalue weighted by Crippen LogP contribution is 2.27. The molecule has 0 radical (unpaired) electrons. The van der Waals surface area contributed by atoms with Crippen LogP contribution in [0.1, 0.15) is 18.5 Å². The van der Waals surface area contributed by atoms with Crippen LogP contribution in [0.3, 0.4) is 0 Å². The number of fused-ring (bicyclic) bond motifs is 1. The number of rotatable bonds is 3. The summed E-state index contributed by atoms with van der Waals surface area (Å²) in [6, 6.07) is 7.99. The summed E-state index contributed by atoms with van der Waals surface area (Å²) in [4.78, 5) is 4.12. The van der Waals surface area contributed by atoms with Crippen molar-refractivity contribution in [3.05, 3.63) is 48.4 Å². The number of hydrogen-bond acceptors (Lipinski definition) is 4. The van der Waals surface area contributed by atoms with Gasteiger partial charge in [-0.05, 0) is 30.7 Å². The van der Waals surface area contributed by atoms with E-state index in [0.717, 1.165) is 22.2 Å². The fourth-order valence-electron chi connectivity index (χ4n) is 2.08. The number of nitrogen functional groups attached to an aromatic ring is 1. The minimum absolute atomic E-state index is 0.136. The molecule has 0 saturated carbocycles. The zero-order chi connectivity index (χ0) is 13.2. The van der Waals surface area contributed by atoms with Gasteiger partial charge in [-0.1, -0.05) is 6.07 Å². The summed E-state index contributed by atoms with van der Waals surface area (Å²) in [6.45, 7) is 2.08. The number of anilines is 2. The second-order valence-electron chi connectivity index (χ2n) is 4.55. The third kappa shape index (κ3) is 2.22. The van der Waals surface area contributed by atoms with Crippen LogP contribution >= 0.6 is 0 Å². The lowest BCUT2D eigenvalue weighted by Gasteiger charge is -2.17. The van der Waals surface area contributed by atoms with Gasteiger partial charge < -0.3 is 11.1 Å². The van der Waals surface area contributed by atoms with Gasteiger partial charge in [0, 0.05) is 17.8 Å². The summed E-state index contributed by atoms with van der Waals surface area (Å²) >= 11 is 0. The van der Waals surface area contributed by atoms with Crippen LogP contribution in [0.4, 0.5) is 11.4 Å². The molecule has 0 bridgehead atoms. The Morgan fingerprint density at radius 2 is 2.21 bits per heavy atom. The van der Waals surface area contributed by atoms with E-state index in [0.29, 0.717) is 5.69 Å². The summed E-state index contributed by atoms with van der Waals surface area (Å²) in [6.07, 6.45) is 5.38. The van der Waals surface area contributed by atoms with Crippen molar-refractivity contribution in [2.45, 2.75) is 13.0 Å². The maximum absolute atomic E-state index is 6.05. The molecule has 5 nitrogen and oxygen atoms in total. The molecule has 1 aromatic carbocycles. The predicted molar refractivity (Wildman–Crippen MR) is 76.8 cm³/mol. The van der Waals surface area contributed by atoms with Crippen LogP contribution in [0.25, 0.3) is 10.9 Å². The third-order valence-electron chi connectivity index (χ3n) is 3.17. The van der Waals surface area contributed by atoms with Crippen LogP contribution in [0.2, 0.25) is 0 Å². The van der Waals surface area contributed by atoms with Gasteiger partial charge in [0.1, 0.15) is 0 Å². The van der Waals surface area contributed by atoms with E-state index >= 15 is 0 Å². The average Bonchev–Trinajstić information content (AvgIpc) is 2.87. The number of aromatic nitrogens is 3. The monoisotopic (exact) mass is 253 g/mol. The van der Waals surface area contributed by atoms with Crippen LogP contribution < -0.4 is 11.1 Å². The predicted octanol–water partition coefficient (Wildman–Crippen LogP) is 2.71. The molecule has 1 unspecified atom stereocenters. The molecule has 0 aliphatic rings. The van der Waals surface area contributed by atoms with Crippen molar-refractivity contribution in [1.82, 2.24) is 15.2 Å². The van der Waals surface area contributed by atoms with Crippen molar-refractivity contribution < 1.29 is 0 Å². The van der Waals surface area contributed by atoms with E-state index < -0.39 is 0 Å². The van der Waals surface area contributed by atoms with E-state index in [2.05, 4.69) is 27.4 Å². The fraction of sp³-hybridized carbons (Fsp3) is 0.143. The number of hydrogen-bond donors (Lipinski definition) is 3. The number of benzene rings is 1. The molecule has 3 aromatic rings. The zero-order valence-corrected chi connectivity index (χ0v) is 10.6. The first-order chi connectivity index (χ1) is 9.24. The van der Waals surface area contributed by atoms with E-state index in [1.165, 1.54) is 0 Å². The van der Waals surface area contributed by atoms with Crippen LogP contribution in [-0.2, 0) is 0 Å². The molecule has 5 heteroatoms. The Labute approximate surface area is 110 Å². The first-order valence-electron chi connectivity index (χ1n) is 6.13. The van der Waals surface area contributed by atoms with Gasteiger partial charge in [0.15, 0.2) is 0 Å². The third-order valence-corrected chi connectivity index (χ3v) is 3.17. The Bertz CT molecular complexity index is 689. The van der Waals surface area contributed by atoms with Gasteiger partial charge in [0.25, 0.3) is 0 Å². The van der Waals surface area contributed by atoms with Crippen LogP contribution in [-0.4, -0.2) is 15.2 Å². The molecule has 4 N–H and O–H groups in total. The van der Waals surface area contributed by atoms with Crippen molar-refractivity contribution >= 4 is 22.3 Å². The summed E-state index contributed by atoms with van der Waals surface area (Å²) in [5.41, 5.74) is 9.75. The molecule has 1 atom stereocenters. The van der Waals surface area contributed by atoms with Crippen molar-refractivity contribution in [3.63, 3.8) is 0 Å². The molecule has 0 saturated heterocycles. The van der Waals surface area contributed by atoms with Gasteiger partial charge in [-0.2, -0.15) is 5.10 Å². The Kier molecular flexibility index (Phi) is 2.79. The second-order valence-corrected chi connectivity index (χ2v) is 4.55. The van der Waals surface area contributed by atoms with Crippen molar-refractivity contribution in [2.24, 2.45) is 0 Å². The van der Waals surface area contributed by atoms with E-state index in [1.54, 1.807) is 12.4 Å². The highest BCUT2D eigenvalue weighted by atomic mass is 15.1. The molecule has 96 valence electrons. The van der Waals surface area contributed by atoms with Crippen molar-refractivity contribution in [3.8, 4) is 0 Å². The van der Waals surface area contributed by atoms with E-state index in [4.69, 9.17) is 5.73 Å². The van der Waals surface area contributed by atoms with E-state index in [1.807, 2.05) is 30.5 Å². The Morgan fingerprint density at radius 1 is 1.32 bits per heavy atom. The average molecular weight is 253 g/mol. The lowest BCUT2D eigenvalue weighted by atomic mass is 10.1.